The highest BCUT2D eigenvalue weighted by Crippen LogP contribution is 2.27. The number of rotatable bonds is 4. The van der Waals surface area contributed by atoms with Crippen molar-refractivity contribution < 1.29 is 13.2 Å². The maximum absolute atomic E-state index is 12.9. The number of aromatic amines is 1. The smallest absolute Gasteiger partial charge is 0.255 e. The lowest BCUT2D eigenvalue weighted by molar-refractivity contribution is 0.0937. The third kappa shape index (κ3) is 3.30. The van der Waals surface area contributed by atoms with E-state index in [2.05, 4.69) is 20.4 Å². The van der Waals surface area contributed by atoms with Crippen LogP contribution in [0.3, 0.4) is 0 Å². The maximum Gasteiger partial charge on any atom is 0.255 e. The Morgan fingerprint density at radius 1 is 1.32 bits per heavy atom. The number of H-pyrrole nitrogens is 1. The third-order valence-electron chi connectivity index (χ3n) is 5.27. The number of carbonyl (C=O) groups is 1. The van der Waals surface area contributed by atoms with Crippen molar-refractivity contribution in [3.63, 3.8) is 0 Å². The Morgan fingerprint density at radius 2 is 2.07 bits per heavy atom. The van der Waals surface area contributed by atoms with Gasteiger partial charge in [0.05, 0.1) is 45.9 Å². The minimum atomic E-state index is -3.03. The summed E-state index contributed by atoms with van der Waals surface area (Å²) in [5, 5.41) is 7.43. The first-order valence-corrected chi connectivity index (χ1v) is 11.1. The largest absolute Gasteiger partial charge is 0.342 e. The second kappa shape index (κ2) is 6.73. The number of carbonyl (C=O) groups excluding carboxylic acids is 1. The molecule has 2 atom stereocenters. The number of para-hydroxylation sites is 2. The molecule has 4 rings (SSSR count). The molecule has 0 aliphatic carbocycles. The molecule has 8 nitrogen and oxygen atoms in total. The summed E-state index contributed by atoms with van der Waals surface area (Å²) in [6, 6.07) is 7.18. The molecular formula is C19H23N5O3S. The number of nitrogens with zero attached hydrogens (tertiary/aromatic N) is 3. The number of hydrogen-bond acceptors (Lipinski definition) is 5. The quantitative estimate of drug-likeness (QED) is 0.697. The summed E-state index contributed by atoms with van der Waals surface area (Å²) in [6.07, 6.45) is 0.529. The van der Waals surface area contributed by atoms with Crippen LogP contribution in [0.2, 0.25) is 0 Å². The second-order valence-electron chi connectivity index (χ2n) is 7.38. The van der Waals surface area contributed by atoms with Crippen molar-refractivity contribution in [1.82, 2.24) is 25.1 Å². The summed E-state index contributed by atoms with van der Waals surface area (Å²) in [5.41, 5.74) is 3.54. The average molecular weight is 401 g/mol. The van der Waals surface area contributed by atoms with Crippen LogP contribution in [0, 0.1) is 13.8 Å². The van der Waals surface area contributed by atoms with Gasteiger partial charge in [0.25, 0.3) is 5.91 Å². The van der Waals surface area contributed by atoms with Gasteiger partial charge in [0.15, 0.2) is 9.84 Å². The van der Waals surface area contributed by atoms with Crippen LogP contribution in [-0.4, -0.2) is 45.6 Å². The van der Waals surface area contributed by atoms with E-state index in [0.29, 0.717) is 29.2 Å². The lowest BCUT2D eigenvalue weighted by atomic mass is 10.1. The van der Waals surface area contributed by atoms with Gasteiger partial charge in [-0.3, -0.25) is 9.48 Å². The molecule has 0 radical (unpaired) electrons. The molecule has 0 unspecified atom stereocenters. The van der Waals surface area contributed by atoms with Gasteiger partial charge in [0.1, 0.15) is 5.82 Å². The van der Waals surface area contributed by atoms with Gasteiger partial charge < -0.3 is 10.3 Å². The van der Waals surface area contributed by atoms with Crippen LogP contribution in [0.5, 0.6) is 0 Å². The molecule has 3 heterocycles. The normalized spacial score (nSPS) is 19.8. The minimum Gasteiger partial charge on any atom is -0.342 e. The molecule has 2 aromatic heterocycles. The molecule has 1 aliphatic heterocycles. The number of hydrogen-bond donors (Lipinski definition) is 2. The molecule has 1 aromatic carbocycles. The number of benzene rings is 1. The van der Waals surface area contributed by atoms with Crippen LogP contribution in [0.4, 0.5) is 0 Å². The molecule has 0 saturated carbocycles. The Kier molecular flexibility index (Phi) is 4.49. The predicted octanol–water partition coefficient (Wildman–Crippen LogP) is 2.23. The molecule has 148 valence electrons. The lowest BCUT2D eigenvalue weighted by Crippen LogP contribution is -2.28. The Morgan fingerprint density at radius 3 is 2.75 bits per heavy atom. The van der Waals surface area contributed by atoms with E-state index in [-0.39, 0.29) is 29.5 Å². The first-order valence-electron chi connectivity index (χ1n) is 9.27. The van der Waals surface area contributed by atoms with Crippen LogP contribution in [-0.2, 0) is 9.84 Å². The van der Waals surface area contributed by atoms with E-state index >= 15 is 0 Å². The number of aromatic nitrogens is 4. The molecule has 0 spiro atoms. The van der Waals surface area contributed by atoms with Crippen molar-refractivity contribution in [2.24, 2.45) is 0 Å². The summed E-state index contributed by atoms with van der Waals surface area (Å²) >= 11 is 0. The van der Waals surface area contributed by atoms with E-state index in [4.69, 9.17) is 0 Å². The average Bonchev–Trinajstić information content (AvgIpc) is 3.29. The van der Waals surface area contributed by atoms with Gasteiger partial charge in [-0.15, -0.1) is 0 Å². The Labute approximate surface area is 163 Å². The molecule has 1 aliphatic rings. The van der Waals surface area contributed by atoms with Crippen LogP contribution in [0.25, 0.3) is 11.0 Å². The molecule has 2 N–H and O–H groups in total. The fraction of sp³-hybridized carbons (Fsp3) is 0.421. The fourth-order valence-electron chi connectivity index (χ4n) is 3.83. The zero-order valence-corrected chi connectivity index (χ0v) is 16.9. The summed E-state index contributed by atoms with van der Waals surface area (Å²) in [4.78, 5) is 20.7. The highest BCUT2D eigenvalue weighted by atomic mass is 32.2. The maximum atomic E-state index is 12.9. The highest BCUT2D eigenvalue weighted by molar-refractivity contribution is 7.91. The zero-order valence-electron chi connectivity index (χ0n) is 16.1. The number of nitrogens with one attached hydrogen (secondary N) is 2. The van der Waals surface area contributed by atoms with Gasteiger partial charge in [-0.2, -0.15) is 5.10 Å². The van der Waals surface area contributed by atoms with E-state index in [0.717, 1.165) is 11.0 Å². The Balaban J connectivity index is 1.56. The minimum absolute atomic E-state index is 0.0748. The fourth-order valence-corrected chi connectivity index (χ4v) is 5.52. The number of amides is 1. The van der Waals surface area contributed by atoms with Crippen molar-refractivity contribution in [2.45, 2.75) is 39.3 Å². The van der Waals surface area contributed by atoms with Crippen LogP contribution in [0.15, 0.2) is 24.3 Å². The van der Waals surface area contributed by atoms with Crippen molar-refractivity contribution in [1.29, 1.82) is 0 Å². The van der Waals surface area contributed by atoms with Gasteiger partial charge in [-0.05, 0) is 39.3 Å². The molecule has 28 heavy (non-hydrogen) atoms. The third-order valence-corrected chi connectivity index (χ3v) is 7.02. The highest BCUT2D eigenvalue weighted by Gasteiger charge is 2.32. The van der Waals surface area contributed by atoms with Crippen molar-refractivity contribution in [2.75, 3.05) is 11.5 Å². The molecule has 9 heteroatoms. The van der Waals surface area contributed by atoms with Gasteiger partial charge in [0, 0.05) is 5.69 Å². The SMILES string of the molecule is Cc1nn([C@@H]2CCS(=O)(=O)C2)c(C)c1C(=O)N[C@@H](C)c1nc2ccccc2[nH]1. The molecule has 3 aromatic rings. The first kappa shape index (κ1) is 18.7. The monoisotopic (exact) mass is 401 g/mol. The summed E-state index contributed by atoms with van der Waals surface area (Å²) in [5.74, 6) is 0.681. The van der Waals surface area contributed by atoms with Crippen molar-refractivity contribution in [3.8, 4) is 0 Å². The topological polar surface area (TPSA) is 110 Å². The number of imidazole rings is 1. The predicted molar refractivity (Wildman–Crippen MR) is 106 cm³/mol. The van der Waals surface area contributed by atoms with E-state index in [1.54, 1.807) is 11.6 Å². The van der Waals surface area contributed by atoms with E-state index < -0.39 is 9.84 Å². The van der Waals surface area contributed by atoms with Gasteiger partial charge >= 0.3 is 0 Å². The standard InChI is InChI=1S/C19H23N5O3S/c1-11-17(13(3)24(23-11)14-8-9-28(26,27)10-14)19(25)20-12(2)18-21-15-6-4-5-7-16(15)22-18/h4-7,12,14H,8-10H2,1-3H3,(H,20,25)(H,21,22)/t12-,14+/m0/s1. The summed E-state index contributed by atoms with van der Waals surface area (Å²) in [7, 11) is -3.03. The van der Waals surface area contributed by atoms with Crippen LogP contribution >= 0.6 is 0 Å². The summed E-state index contributed by atoms with van der Waals surface area (Å²) < 4.78 is 25.3. The molecule has 0 bridgehead atoms. The number of sulfone groups is 1. The zero-order chi connectivity index (χ0) is 20.1. The molecule has 1 fully saturated rings. The number of fused-ring (bicyclic) bond motifs is 1. The van der Waals surface area contributed by atoms with Gasteiger partial charge in [0.2, 0.25) is 0 Å². The molecule has 1 saturated heterocycles. The van der Waals surface area contributed by atoms with Gasteiger partial charge in [-0.1, -0.05) is 12.1 Å². The lowest BCUT2D eigenvalue weighted by Gasteiger charge is -2.13. The van der Waals surface area contributed by atoms with Crippen LogP contribution in [0.1, 0.15) is 53.0 Å². The second-order valence-corrected chi connectivity index (χ2v) is 9.61. The summed E-state index contributed by atoms with van der Waals surface area (Å²) in [6.45, 7) is 5.45. The Bertz CT molecular complexity index is 1130. The molecular weight excluding hydrogens is 378 g/mol. The van der Waals surface area contributed by atoms with E-state index in [1.165, 1.54) is 0 Å². The van der Waals surface area contributed by atoms with E-state index in [9.17, 15) is 13.2 Å². The van der Waals surface area contributed by atoms with E-state index in [1.807, 2.05) is 38.1 Å². The Hall–Kier alpha value is -2.68. The molecule has 1 amide bonds. The van der Waals surface area contributed by atoms with Gasteiger partial charge in [-0.25, -0.2) is 13.4 Å². The number of aryl methyl sites for hydroxylation is 1. The van der Waals surface area contributed by atoms with Crippen LogP contribution < -0.4 is 5.32 Å². The van der Waals surface area contributed by atoms with Crippen molar-refractivity contribution >= 4 is 26.8 Å². The van der Waals surface area contributed by atoms with Crippen molar-refractivity contribution in [3.05, 3.63) is 47.0 Å². The first-order chi connectivity index (χ1) is 13.2.